The van der Waals surface area contributed by atoms with Gasteiger partial charge in [-0.3, -0.25) is 9.69 Å². The number of hydrogen-bond donors (Lipinski definition) is 1. The summed E-state index contributed by atoms with van der Waals surface area (Å²) < 4.78 is 0. The van der Waals surface area contributed by atoms with E-state index in [1.54, 1.807) is 32.6 Å². The molecule has 19 heavy (non-hydrogen) atoms. The van der Waals surface area contributed by atoms with Gasteiger partial charge < -0.3 is 14.9 Å². The molecule has 0 aromatic carbocycles. The predicted octanol–water partition coefficient (Wildman–Crippen LogP) is 0.927. The molecule has 1 heterocycles. The van der Waals surface area contributed by atoms with E-state index in [9.17, 15) is 14.7 Å². The molecule has 0 saturated carbocycles. The summed E-state index contributed by atoms with van der Waals surface area (Å²) in [5, 5.41) is 9.32. The molecule has 6 nitrogen and oxygen atoms in total. The number of rotatable bonds is 2. The Balaban J connectivity index is 2.77. The third kappa shape index (κ3) is 3.83. The lowest BCUT2D eigenvalue weighted by molar-refractivity contribution is -0.139. The van der Waals surface area contributed by atoms with Crippen LogP contribution < -0.4 is 0 Å². The second-order valence-electron chi connectivity index (χ2n) is 6.13. The average molecular weight is 271 g/mol. The van der Waals surface area contributed by atoms with Crippen LogP contribution in [-0.4, -0.2) is 76.6 Å². The molecule has 0 aromatic rings. The third-order valence-corrected chi connectivity index (χ3v) is 3.49. The molecule has 0 bridgehead atoms. The number of carbonyl (C=O) groups excluding carboxylic acids is 1. The summed E-state index contributed by atoms with van der Waals surface area (Å²) in [6.45, 7) is 10.1. The number of nitrogens with zero attached hydrogens (tertiary/aromatic N) is 3. The molecule has 0 radical (unpaired) electrons. The molecule has 1 unspecified atom stereocenters. The van der Waals surface area contributed by atoms with Crippen molar-refractivity contribution >= 4 is 12.0 Å². The highest BCUT2D eigenvalue weighted by molar-refractivity contribution is 5.85. The minimum Gasteiger partial charge on any atom is -0.465 e. The van der Waals surface area contributed by atoms with Crippen molar-refractivity contribution in [3.8, 4) is 0 Å². The number of piperazine rings is 1. The summed E-state index contributed by atoms with van der Waals surface area (Å²) in [5.74, 6) is -0.106. The molecule has 1 aliphatic rings. The minimum atomic E-state index is -1.05. The normalized spacial score (nSPS) is 19.1. The maximum atomic E-state index is 12.4. The van der Waals surface area contributed by atoms with Crippen molar-refractivity contribution in [1.29, 1.82) is 0 Å². The lowest BCUT2D eigenvalue weighted by Crippen LogP contribution is -2.58. The van der Waals surface area contributed by atoms with E-state index in [-0.39, 0.29) is 5.91 Å². The van der Waals surface area contributed by atoms with Gasteiger partial charge in [-0.15, -0.1) is 0 Å². The molecule has 1 saturated heterocycles. The standard InChI is InChI=1S/C13H25N3O3/c1-10(16(12(18)19)13(2,3)4)11(17)15-8-6-14(5)7-9-15/h10H,6-9H2,1-5H3,(H,18,19). The summed E-state index contributed by atoms with van der Waals surface area (Å²) >= 11 is 0. The Morgan fingerprint density at radius 3 is 2.00 bits per heavy atom. The SMILES string of the molecule is CC(C(=O)N1CCN(C)CC1)N(C(=O)O)C(C)(C)C. The van der Waals surface area contributed by atoms with Gasteiger partial charge in [-0.1, -0.05) is 0 Å². The van der Waals surface area contributed by atoms with Crippen LogP contribution in [-0.2, 0) is 4.79 Å². The van der Waals surface area contributed by atoms with Crippen molar-refractivity contribution < 1.29 is 14.7 Å². The van der Waals surface area contributed by atoms with Crippen molar-refractivity contribution in [1.82, 2.24) is 14.7 Å². The number of hydrogen-bond acceptors (Lipinski definition) is 3. The van der Waals surface area contributed by atoms with E-state index < -0.39 is 17.7 Å². The highest BCUT2D eigenvalue weighted by Crippen LogP contribution is 2.19. The lowest BCUT2D eigenvalue weighted by atomic mass is 10.0. The van der Waals surface area contributed by atoms with E-state index in [1.165, 1.54) is 4.90 Å². The fraction of sp³-hybridized carbons (Fsp3) is 0.846. The van der Waals surface area contributed by atoms with E-state index in [2.05, 4.69) is 4.90 Å². The van der Waals surface area contributed by atoms with Crippen LogP contribution in [0, 0.1) is 0 Å². The highest BCUT2D eigenvalue weighted by atomic mass is 16.4. The fourth-order valence-electron chi connectivity index (χ4n) is 2.44. The second-order valence-corrected chi connectivity index (χ2v) is 6.13. The van der Waals surface area contributed by atoms with Gasteiger partial charge in [0.2, 0.25) is 5.91 Å². The van der Waals surface area contributed by atoms with E-state index in [1.807, 2.05) is 7.05 Å². The molecule has 2 amide bonds. The maximum Gasteiger partial charge on any atom is 0.408 e. The van der Waals surface area contributed by atoms with E-state index in [4.69, 9.17) is 0 Å². The van der Waals surface area contributed by atoms with Gasteiger partial charge in [-0.05, 0) is 34.7 Å². The van der Waals surface area contributed by atoms with Crippen LogP contribution in [0.5, 0.6) is 0 Å². The Morgan fingerprint density at radius 2 is 1.63 bits per heavy atom. The first-order chi connectivity index (χ1) is 8.64. The molecule has 110 valence electrons. The zero-order chi connectivity index (χ0) is 14.8. The van der Waals surface area contributed by atoms with Gasteiger partial charge in [0.25, 0.3) is 0 Å². The number of likely N-dealkylation sites (N-methyl/N-ethyl adjacent to an activating group) is 1. The van der Waals surface area contributed by atoms with Gasteiger partial charge in [-0.2, -0.15) is 0 Å². The summed E-state index contributed by atoms with van der Waals surface area (Å²) in [6.07, 6.45) is -1.05. The first-order valence-corrected chi connectivity index (χ1v) is 6.64. The first kappa shape index (κ1) is 15.8. The molecule has 0 spiro atoms. The van der Waals surface area contributed by atoms with Gasteiger partial charge in [0.15, 0.2) is 0 Å². The Bertz CT molecular complexity index is 344. The quantitative estimate of drug-likeness (QED) is 0.811. The zero-order valence-electron chi connectivity index (χ0n) is 12.5. The molecule has 1 rings (SSSR count). The van der Waals surface area contributed by atoms with Crippen LogP contribution in [0.4, 0.5) is 4.79 Å². The van der Waals surface area contributed by atoms with Crippen molar-refractivity contribution in [2.24, 2.45) is 0 Å². The van der Waals surface area contributed by atoms with Crippen LogP contribution in [0.2, 0.25) is 0 Å². The molecule has 1 N–H and O–H groups in total. The summed E-state index contributed by atoms with van der Waals surface area (Å²) in [6, 6.07) is -0.652. The highest BCUT2D eigenvalue weighted by Gasteiger charge is 2.36. The van der Waals surface area contributed by atoms with E-state index in [0.29, 0.717) is 13.1 Å². The van der Waals surface area contributed by atoms with Gasteiger partial charge >= 0.3 is 6.09 Å². The predicted molar refractivity (Wildman–Crippen MR) is 73.2 cm³/mol. The Kier molecular flexibility index (Phi) is 4.79. The zero-order valence-corrected chi connectivity index (χ0v) is 12.5. The van der Waals surface area contributed by atoms with Crippen LogP contribution >= 0.6 is 0 Å². The Labute approximate surface area is 115 Å². The molecule has 1 fully saturated rings. The number of carboxylic acid groups (broad SMARTS) is 1. The number of carbonyl (C=O) groups is 2. The van der Waals surface area contributed by atoms with E-state index >= 15 is 0 Å². The van der Waals surface area contributed by atoms with Crippen molar-refractivity contribution in [2.75, 3.05) is 33.2 Å². The summed E-state index contributed by atoms with van der Waals surface area (Å²) in [5.41, 5.74) is -0.590. The molecule has 1 aliphatic heterocycles. The molecule has 0 aliphatic carbocycles. The lowest BCUT2D eigenvalue weighted by Gasteiger charge is -2.40. The van der Waals surface area contributed by atoms with Gasteiger partial charge in [-0.25, -0.2) is 4.79 Å². The van der Waals surface area contributed by atoms with Crippen LogP contribution in [0.3, 0.4) is 0 Å². The topological polar surface area (TPSA) is 64.1 Å². The molecular weight excluding hydrogens is 246 g/mol. The molecule has 0 aromatic heterocycles. The Morgan fingerprint density at radius 1 is 1.16 bits per heavy atom. The van der Waals surface area contributed by atoms with Crippen LogP contribution in [0.25, 0.3) is 0 Å². The monoisotopic (exact) mass is 271 g/mol. The van der Waals surface area contributed by atoms with Crippen molar-refractivity contribution in [2.45, 2.75) is 39.3 Å². The van der Waals surface area contributed by atoms with Crippen LogP contribution in [0.15, 0.2) is 0 Å². The minimum absolute atomic E-state index is 0.106. The van der Waals surface area contributed by atoms with Crippen molar-refractivity contribution in [3.63, 3.8) is 0 Å². The third-order valence-electron chi connectivity index (χ3n) is 3.49. The molecule has 6 heteroatoms. The maximum absolute atomic E-state index is 12.4. The molecule has 1 atom stereocenters. The fourth-order valence-corrected chi connectivity index (χ4v) is 2.44. The van der Waals surface area contributed by atoms with Crippen LogP contribution in [0.1, 0.15) is 27.7 Å². The number of amides is 2. The smallest absolute Gasteiger partial charge is 0.408 e. The summed E-state index contributed by atoms with van der Waals surface area (Å²) in [7, 11) is 2.02. The van der Waals surface area contributed by atoms with E-state index in [0.717, 1.165) is 13.1 Å². The first-order valence-electron chi connectivity index (χ1n) is 6.64. The Hall–Kier alpha value is -1.30. The second kappa shape index (κ2) is 5.77. The molecular formula is C13H25N3O3. The van der Waals surface area contributed by atoms with Crippen molar-refractivity contribution in [3.05, 3.63) is 0 Å². The van der Waals surface area contributed by atoms with Gasteiger partial charge in [0.1, 0.15) is 6.04 Å². The average Bonchev–Trinajstić information content (AvgIpc) is 2.26. The summed E-state index contributed by atoms with van der Waals surface area (Å²) in [4.78, 5) is 28.9. The van der Waals surface area contributed by atoms with Gasteiger partial charge in [0, 0.05) is 31.7 Å². The largest absolute Gasteiger partial charge is 0.465 e. The van der Waals surface area contributed by atoms with Gasteiger partial charge in [0.05, 0.1) is 0 Å².